The van der Waals surface area contributed by atoms with Gasteiger partial charge in [-0.15, -0.1) is 0 Å². The molecule has 2 fully saturated rings. The van der Waals surface area contributed by atoms with Crippen molar-refractivity contribution in [2.24, 2.45) is 17.8 Å². The summed E-state index contributed by atoms with van der Waals surface area (Å²) >= 11 is 0. The average Bonchev–Trinajstić information content (AvgIpc) is 3.57. The maximum Gasteiger partial charge on any atom is 0.416 e. The summed E-state index contributed by atoms with van der Waals surface area (Å²) in [6.45, 7) is 2.02. The normalized spacial score (nSPS) is 23.4. The first kappa shape index (κ1) is 32.6. The first-order valence-electron chi connectivity index (χ1n) is 15.3. The van der Waals surface area contributed by atoms with Gasteiger partial charge in [0.05, 0.1) is 41.4 Å². The molecular formula is C36H31F6NO4. The van der Waals surface area contributed by atoms with Crippen LogP contribution in [-0.2, 0) is 26.7 Å². The van der Waals surface area contributed by atoms with Crippen LogP contribution in [0.1, 0.15) is 54.9 Å². The Bertz CT molecular complexity index is 1710. The lowest BCUT2D eigenvalue weighted by atomic mass is 9.69. The second-order valence-corrected chi connectivity index (χ2v) is 12.1. The number of phenolic OH excluding ortho intramolecular Hbond substituents is 1. The van der Waals surface area contributed by atoms with E-state index in [4.69, 9.17) is 4.74 Å². The SMILES string of the molecule is CCC1=C2[C@@H](CC/C(=C/c3ccc(O)cc3)c3ccccc3)OC[C@@H]2[C@@H]2C(=O)N(c3cc(C(F)(F)F)cc(C(F)(F)F)c3)C(=O)[C@@H]2C1. The van der Waals surface area contributed by atoms with Gasteiger partial charge in [-0.2, -0.15) is 26.3 Å². The van der Waals surface area contributed by atoms with Crippen LogP contribution in [0.25, 0.3) is 11.6 Å². The number of anilines is 1. The standard InChI is InChI=1S/C36H31F6NO4/c1-2-21-15-28-32(34(46)43(33(28)45)26-17-24(35(37,38)39)16-25(18-26)36(40,41)42)29-19-47-30(31(21)29)13-10-23(22-6-4-3-5-7-22)14-20-8-11-27(44)12-9-20/h3-9,11-12,14,16-18,28-30,32,44H,2,10,13,15,19H2,1H3/b23-14-/t28-,29+,30-,32-/m1/s1. The van der Waals surface area contributed by atoms with Gasteiger partial charge in [-0.3, -0.25) is 9.59 Å². The van der Waals surface area contributed by atoms with Crippen LogP contribution in [0.5, 0.6) is 5.75 Å². The summed E-state index contributed by atoms with van der Waals surface area (Å²) in [4.78, 5) is 28.0. The highest BCUT2D eigenvalue weighted by molar-refractivity contribution is 6.22. The Morgan fingerprint density at radius 2 is 1.53 bits per heavy atom. The number of carbonyl (C=O) groups is 2. The van der Waals surface area contributed by atoms with Crippen LogP contribution in [0, 0.1) is 17.8 Å². The number of allylic oxidation sites excluding steroid dienone is 2. The molecule has 3 aromatic rings. The molecule has 246 valence electrons. The van der Waals surface area contributed by atoms with Gasteiger partial charge in [0.25, 0.3) is 0 Å². The molecular weight excluding hydrogens is 624 g/mol. The van der Waals surface area contributed by atoms with Gasteiger partial charge in [0.2, 0.25) is 11.8 Å². The highest BCUT2D eigenvalue weighted by atomic mass is 19.4. The summed E-state index contributed by atoms with van der Waals surface area (Å²) in [6, 6.07) is 17.4. The van der Waals surface area contributed by atoms with Crippen molar-refractivity contribution in [1.29, 1.82) is 0 Å². The van der Waals surface area contributed by atoms with Crippen LogP contribution in [0.3, 0.4) is 0 Å². The Morgan fingerprint density at radius 1 is 0.894 bits per heavy atom. The van der Waals surface area contributed by atoms with Gasteiger partial charge in [0.15, 0.2) is 0 Å². The number of alkyl halides is 6. The molecule has 0 saturated carbocycles. The zero-order valence-electron chi connectivity index (χ0n) is 25.2. The molecule has 0 bridgehead atoms. The van der Waals surface area contributed by atoms with E-state index in [1.807, 2.05) is 43.3 Å². The number of carbonyl (C=O) groups excluding carboxylic acids is 2. The topological polar surface area (TPSA) is 66.8 Å². The second-order valence-electron chi connectivity index (χ2n) is 12.1. The van der Waals surface area contributed by atoms with Crippen LogP contribution in [0.2, 0.25) is 0 Å². The summed E-state index contributed by atoms with van der Waals surface area (Å²) in [5.74, 6) is -3.86. The zero-order valence-corrected chi connectivity index (χ0v) is 25.2. The van der Waals surface area contributed by atoms with Crippen LogP contribution in [-0.4, -0.2) is 29.6 Å². The van der Waals surface area contributed by atoms with E-state index in [-0.39, 0.29) is 30.9 Å². The number of amides is 2. The smallest absolute Gasteiger partial charge is 0.416 e. The van der Waals surface area contributed by atoms with Crippen molar-refractivity contribution in [3.05, 3.63) is 106 Å². The monoisotopic (exact) mass is 655 g/mol. The molecule has 2 heterocycles. The lowest BCUT2D eigenvalue weighted by molar-refractivity contribution is -0.143. The summed E-state index contributed by atoms with van der Waals surface area (Å²) in [6.07, 6.45) is -6.76. The third-order valence-corrected chi connectivity index (χ3v) is 9.32. The summed E-state index contributed by atoms with van der Waals surface area (Å²) < 4.78 is 87.9. The van der Waals surface area contributed by atoms with Gasteiger partial charge in [0, 0.05) is 5.92 Å². The fourth-order valence-corrected chi connectivity index (χ4v) is 7.14. The van der Waals surface area contributed by atoms with Crippen molar-refractivity contribution in [3.63, 3.8) is 0 Å². The maximum absolute atomic E-state index is 13.8. The number of hydrogen-bond donors (Lipinski definition) is 1. The Labute approximate surface area is 267 Å². The molecule has 0 radical (unpaired) electrons. The zero-order chi connectivity index (χ0) is 33.7. The number of benzene rings is 3. The quantitative estimate of drug-likeness (QED) is 0.120. The molecule has 11 heteroatoms. The minimum atomic E-state index is -5.12. The minimum Gasteiger partial charge on any atom is -0.508 e. The third kappa shape index (κ3) is 6.33. The van der Waals surface area contributed by atoms with Gasteiger partial charge in [-0.25, -0.2) is 4.90 Å². The number of aromatic hydroxyl groups is 1. The van der Waals surface area contributed by atoms with Crippen molar-refractivity contribution >= 4 is 29.2 Å². The first-order chi connectivity index (χ1) is 22.3. The number of halogens is 6. The summed E-state index contributed by atoms with van der Waals surface area (Å²) in [7, 11) is 0. The van der Waals surface area contributed by atoms with Crippen molar-refractivity contribution in [2.45, 2.75) is 51.1 Å². The molecule has 2 saturated heterocycles. The highest BCUT2D eigenvalue weighted by Crippen LogP contribution is 2.52. The number of ether oxygens (including phenoxy) is 1. The number of imide groups is 1. The second kappa shape index (κ2) is 12.3. The Balaban J connectivity index is 1.29. The van der Waals surface area contributed by atoms with Crippen LogP contribution in [0.15, 0.2) is 83.9 Å². The van der Waals surface area contributed by atoms with E-state index >= 15 is 0 Å². The van der Waals surface area contributed by atoms with Gasteiger partial charge in [0.1, 0.15) is 5.75 Å². The predicted molar refractivity (Wildman–Crippen MR) is 163 cm³/mol. The molecule has 5 nitrogen and oxygen atoms in total. The molecule has 0 spiro atoms. The number of fused-ring (bicyclic) bond motifs is 3. The number of phenols is 1. The molecule has 47 heavy (non-hydrogen) atoms. The lowest BCUT2D eigenvalue weighted by Crippen LogP contribution is -2.34. The third-order valence-electron chi connectivity index (χ3n) is 9.32. The van der Waals surface area contributed by atoms with E-state index in [0.29, 0.717) is 36.3 Å². The van der Waals surface area contributed by atoms with Crippen molar-refractivity contribution in [3.8, 4) is 5.75 Å². The van der Waals surface area contributed by atoms with E-state index in [0.717, 1.165) is 27.8 Å². The molecule has 0 aromatic heterocycles. The van der Waals surface area contributed by atoms with E-state index in [2.05, 4.69) is 0 Å². The highest BCUT2D eigenvalue weighted by Gasteiger charge is 2.57. The van der Waals surface area contributed by atoms with Crippen LogP contribution < -0.4 is 4.90 Å². The number of hydrogen-bond acceptors (Lipinski definition) is 4. The van der Waals surface area contributed by atoms with Gasteiger partial charge < -0.3 is 9.84 Å². The molecule has 3 aromatic carbocycles. The van der Waals surface area contributed by atoms with E-state index in [9.17, 15) is 41.0 Å². The fraction of sp³-hybridized carbons (Fsp3) is 0.333. The van der Waals surface area contributed by atoms with Gasteiger partial charge in [-0.1, -0.05) is 61.0 Å². The van der Waals surface area contributed by atoms with Crippen molar-refractivity contribution < 1.29 is 45.8 Å². The molecule has 2 aliphatic heterocycles. The molecule has 1 N–H and O–H groups in total. The lowest BCUT2D eigenvalue weighted by Gasteiger charge is -2.31. The summed E-state index contributed by atoms with van der Waals surface area (Å²) in [5, 5.41) is 9.70. The van der Waals surface area contributed by atoms with Crippen LogP contribution >= 0.6 is 0 Å². The summed E-state index contributed by atoms with van der Waals surface area (Å²) in [5.41, 5.74) is 0.792. The van der Waals surface area contributed by atoms with E-state index in [1.165, 1.54) is 0 Å². The fourth-order valence-electron chi connectivity index (χ4n) is 7.14. The van der Waals surface area contributed by atoms with Crippen molar-refractivity contribution in [1.82, 2.24) is 0 Å². The largest absolute Gasteiger partial charge is 0.508 e. The van der Waals surface area contributed by atoms with E-state index < -0.39 is 58.7 Å². The van der Waals surface area contributed by atoms with Gasteiger partial charge >= 0.3 is 12.4 Å². The molecule has 1 aliphatic carbocycles. The average molecular weight is 656 g/mol. The predicted octanol–water partition coefficient (Wildman–Crippen LogP) is 8.68. The Hall–Kier alpha value is -4.38. The number of rotatable bonds is 7. The molecule has 6 rings (SSSR count). The molecule has 4 atom stereocenters. The van der Waals surface area contributed by atoms with Gasteiger partial charge in [-0.05, 0) is 78.3 Å². The van der Waals surface area contributed by atoms with Crippen LogP contribution in [0.4, 0.5) is 32.0 Å². The molecule has 3 aliphatic rings. The van der Waals surface area contributed by atoms with Crippen molar-refractivity contribution in [2.75, 3.05) is 11.5 Å². The Kier molecular flexibility index (Phi) is 8.54. The minimum absolute atomic E-state index is 0.0222. The van der Waals surface area contributed by atoms with E-state index in [1.54, 1.807) is 24.3 Å². The molecule has 2 amide bonds. The molecule has 0 unspecified atom stereocenters. The maximum atomic E-state index is 13.8. The Morgan fingerprint density at radius 3 is 2.13 bits per heavy atom. The first-order valence-corrected chi connectivity index (χ1v) is 15.3. The number of nitrogens with zero attached hydrogens (tertiary/aromatic N) is 1.